The molecular formula is C12H18N4O. The molecule has 0 radical (unpaired) electrons. The summed E-state index contributed by atoms with van der Waals surface area (Å²) in [6.07, 6.45) is 3.66. The van der Waals surface area contributed by atoms with Gasteiger partial charge < -0.3 is 10.6 Å². The Morgan fingerprint density at radius 2 is 2.12 bits per heavy atom. The second-order valence-electron chi connectivity index (χ2n) is 4.48. The van der Waals surface area contributed by atoms with Gasteiger partial charge in [0.05, 0.1) is 0 Å². The van der Waals surface area contributed by atoms with Gasteiger partial charge in [0.25, 0.3) is 5.91 Å². The van der Waals surface area contributed by atoms with Crippen molar-refractivity contribution in [2.75, 3.05) is 18.0 Å². The first-order valence-electron chi connectivity index (χ1n) is 6.09. The largest absolute Gasteiger partial charge is 0.364 e. The highest BCUT2D eigenvalue weighted by Crippen LogP contribution is 2.23. The molecule has 1 aromatic heterocycles. The quantitative estimate of drug-likeness (QED) is 0.853. The van der Waals surface area contributed by atoms with Gasteiger partial charge in [0.2, 0.25) is 0 Å². The molecule has 92 valence electrons. The zero-order chi connectivity index (χ0) is 12.3. The zero-order valence-electron chi connectivity index (χ0n) is 10.1. The van der Waals surface area contributed by atoms with Gasteiger partial charge in [-0.05, 0) is 30.9 Å². The van der Waals surface area contributed by atoms with Crippen molar-refractivity contribution in [3.05, 3.63) is 17.8 Å². The highest BCUT2D eigenvalue weighted by Gasteiger charge is 2.19. The van der Waals surface area contributed by atoms with Gasteiger partial charge in [0.15, 0.2) is 11.5 Å². The van der Waals surface area contributed by atoms with Crippen LogP contribution in [0.15, 0.2) is 12.1 Å². The van der Waals surface area contributed by atoms with Crippen molar-refractivity contribution in [2.45, 2.75) is 26.2 Å². The number of piperidine rings is 1. The van der Waals surface area contributed by atoms with E-state index in [2.05, 4.69) is 22.0 Å². The second-order valence-corrected chi connectivity index (χ2v) is 4.48. The van der Waals surface area contributed by atoms with E-state index in [1.54, 1.807) is 6.07 Å². The molecule has 1 aliphatic rings. The van der Waals surface area contributed by atoms with Gasteiger partial charge in [-0.3, -0.25) is 4.79 Å². The Balaban J connectivity index is 2.01. The summed E-state index contributed by atoms with van der Waals surface area (Å²) in [6, 6.07) is 3.45. The third-order valence-electron chi connectivity index (χ3n) is 3.42. The molecule has 1 saturated heterocycles. The molecule has 0 atom stereocenters. The van der Waals surface area contributed by atoms with Crippen molar-refractivity contribution in [1.82, 2.24) is 10.2 Å². The van der Waals surface area contributed by atoms with Gasteiger partial charge in [0, 0.05) is 13.1 Å². The molecule has 5 heteroatoms. The lowest BCUT2D eigenvalue weighted by atomic mass is 9.94. The van der Waals surface area contributed by atoms with E-state index in [1.807, 2.05) is 6.07 Å². The summed E-state index contributed by atoms with van der Waals surface area (Å²) in [5, 5.41) is 7.88. The average Bonchev–Trinajstić information content (AvgIpc) is 2.39. The molecule has 0 saturated carbocycles. The number of nitrogens with zero attached hydrogens (tertiary/aromatic N) is 3. The van der Waals surface area contributed by atoms with Crippen LogP contribution in [0.1, 0.15) is 36.7 Å². The number of hydrogen-bond acceptors (Lipinski definition) is 4. The summed E-state index contributed by atoms with van der Waals surface area (Å²) in [6.45, 7) is 4.27. The van der Waals surface area contributed by atoms with Crippen LogP contribution >= 0.6 is 0 Å². The van der Waals surface area contributed by atoms with Crippen LogP contribution < -0.4 is 10.6 Å². The lowest BCUT2D eigenvalue weighted by Crippen LogP contribution is -2.34. The summed E-state index contributed by atoms with van der Waals surface area (Å²) in [7, 11) is 0. The molecule has 2 rings (SSSR count). The third-order valence-corrected chi connectivity index (χ3v) is 3.42. The highest BCUT2D eigenvalue weighted by atomic mass is 16.1. The minimum atomic E-state index is -0.534. The highest BCUT2D eigenvalue weighted by molar-refractivity contribution is 5.90. The van der Waals surface area contributed by atoms with Gasteiger partial charge in [-0.1, -0.05) is 13.3 Å². The number of carbonyl (C=O) groups is 1. The molecule has 0 spiro atoms. The fraction of sp³-hybridized carbons (Fsp3) is 0.583. The third kappa shape index (κ3) is 2.72. The fourth-order valence-corrected chi connectivity index (χ4v) is 2.20. The van der Waals surface area contributed by atoms with Crippen LogP contribution in [-0.2, 0) is 0 Å². The summed E-state index contributed by atoms with van der Waals surface area (Å²) < 4.78 is 0. The number of nitrogens with two attached hydrogens (primary N) is 1. The van der Waals surface area contributed by atoms with Crippen LogP contribution in [0.5, 0.6) is 0 Å². The first-order chi connectivity index (χ1) is 8.20. The Kier molecular flexibility index (Phi) is 3.56. The maximum atomic E-state index is 10.9. The number of amides is 1. The lowest BCUT2D eigenvalue weighted by molar-refractivity contribution is 0.0994. The molecular weight excluding hydrogens is 216 g/mol. The van der Waals surface area contributed by atoms with E-state index in [4.69, 9.17) is 5.73 Å². The molecule has 0 aliphatic carbocycles. The molecule has 0 aromatic carbocycles. The maximum Gasteiger partial charge on any atom is 0.269 e. The topological polar surface area (TPSA) is 72.1 Å². The normalized spacial score (nSPS) is 17.1. The van der Waals surface area contributed by atoms with Gasteiger partial charge in [-0.2, -0.15) is 0 Å². The Morgan fingerprint density at radius 3 is 2.59 bits per heavy atom. The van der Waals surface area contributed by atoms with Crippen LogP contribution in [0.3, 0.4) is 0 Å². The van der Waals surface area contributed by atoms with Crippen LogP contribution in [0.4, 0.5) is 5.82 Å². The number of aromatic nitrogens is 2. The molecule has 1 aromatic rings. The monoisotopic (exact) mass is 234 g/mol. The molecule has 2 heterocycles. The zero-order valence-corrected chi connectivity index (χ0v) is 10.1. The molecule has 1 amide bonds. The standard InChI is InChI=1S/C12H18N4O/c1-2-9-5-7-16(8-6-9)11-4-3-10(12(13)17)14-15-11/h3-4,9H,2,5-8H2,1H3,(H2,13,17). The minimum Gasteiger partial charge on any atom is -0.364 e. The van der Waals surface area contributed by atoms with Crippen LogP contribution in [0, 0.1) is 5.92 Å². The number of anilines is 1. The van der Waals surface area contributed by atoms with Gasteiger partial charge in [-0.15, -0.1) is 10.2 Å². The Labute approximate surface area is 101 Å². The molecule has 17 heavy (non-hydrogen) atoms. The summed E-state index contributed by atoms with van der Waals surface area (Å²) >= 11 is 0. The smallest absolute Gasteiger partial charge is 0.269 e. The minimum absolute atomic E-state index is 0.220. The van der Waals surface area contributed by atoms with Crippen molar-refractivity contribution < 1.29 is 4.79 Å². The Morgan fingerprint density at radius 1 is 1.41 bits per heavy atom. The SMILES string of the molecule is CCC1CCN(c2ccc(C(N)=O)nn2)CC1. The predicted octanol–water partition coefficient (Wildman–Crippen LogP) is 1.20. The molecule has 0 bridgehead atoms. The molecule has 1 aliphatic heterocycles. The van der Waals surface area contributed by atoms with Crippen LogP contribution in [-0.4, -0.2) is 29.2 Å². The first-order valence-corrected chi connectivity index (χ1v) is 6.09. The molecule has 2 N–H and O–H groups in total. The van der Waals surface area contributed by atoms with Crippen molar-refractivity contribution >= 4 is 11.7 Å². The van der Waals surface area contributed by atoms with Crippen LogP contribution in [0.2, 0.25) is 0 Å². The summed E-state index contributed by atoms with van der Waals surface area (Å²) in [5.74, 6) is 1.14. The lowest BCUT2D eigenvalue weighted by Gasteiger charge is -2.31. The van der Waals surface area contributed by atoms with E-state index in [9.17, 15) is 4.79 Å². The van der Waals surface area contributed by atoms with E-state index in [0.29, 0.717) is 0 Å². The van der Waals surface area contributed by atoms with Gasteiger partial charge >= 0.3 is 0 Å². The first kappa shape index (κ1) is 11.8. The fourth-order valence-electron chi connectivity index (χ4n) is 2.20. The van der Waals surface area contributed by atoms with Gasteiger partial charge in [0.1, 0.15) is 0 Å². The number of primary amides is 1. The summed E-state index contributed by atoms with van der Waals surface area (Å²) in [5.41, 5.74) is 5.34. The maximum absolute atomic E-state index is 10.9. The van der Waals surface area contributed by atoms with E-state index in [-0.39, 0.29) is 5.69 Å². The summed E-state index contributed by atoms with van der Waals surface area (Å²) in [4.78, 5) is 13.1. The number of hydrogen-bond donors (Lipinski definition) is 1. The molecule has 1 fully saturated rings. The number of rotatable bonds is 3. The Hall–Kier alpha value is -1.65. The Bertz CT molecular complexity index is 382. The van der Waals surface area contributed by atoms with E-state index < -0.39 is 5.91 Å². The van der Waals surface area contributed by atoms with Crippen molar-refractivity contribution in [1.29, 1.82) is 0 Å². The van der Waals surface area contributed by atoms with Gasteiger partial charge in [-0.25, -0.2) is 0 Å². The average molecular weight is 234 g/mol. The van der Waals surface area contributed by atoms with Crippen molar-refractivity contribution in [2.24, 2.45) is 11.7 Å². The second kappa shape index (κ2) is 5.12. The van der Waals surface area contributed by atoms with Crippen LogP contribution in [0.25, 0.3) is 0 Å². The predicted molar refractivity (Wildman–Crippen MR) is 65.8 cm³/mol. The molecule has 5 nitrogen and oxygen atoms in total. The molecule has 0 unspecified atom stereocenters. The van der Waals surface area contributed by atoms with Crippen molar-refractivity contribution in [3.8, 4) is 0 Å². The van der Waals surface area contributed by atoms with Crippen molar-refractivity contribution in [3.63, 3.8) is 0 Å². The van der Waals surface area contributed by atoms with E-state index >= 15 is 0 Å². The van der Waals surface area contributed by atoms with E-state index in [0.717, 1.165) is 24.8 Å². The van der Waals surface area contributed by atoms with E-state index in [1.165, 1.54) is 19.3 Å². The number of carbonyl (C=O) groups excluding carboxylic acids is 1.